The van der Waals surface area contributed by atoms with E-state index in [9.17, 15) is 9.59 Å². The van der Waals surface area contributed by atoms with Gasteiger partial charge in [0.25, 0.3) is 11.5 Å². The van der Waals surface area contributed by atoms with Crippen LogP contribution in [-0.4, -0.2) is 22.6 Å². The van der Waals surface area contributed by atoms with E-state index < -0.39 is 0 Å². The first-order valence-electron chi connectivity index (χ1n) is 9.77. The Morgan fingerprint density at radius 1 is 1.03 bits per heavy atom. The fourth-order valence-electron chi connectivity index (χ4n) is 3.33. The first kappa shape index (κ1) is 20.6. The second kappa shape index (κ2) is 8.97. The molecule has 6 nitrogen and oxygen atoms in total. The number of benzene rings is 3. The topological polar surface area (TPSA) is 76.1 Å². The lowest BCUT2D eigenvalue weighted by molar-refractivity contribution is 0.0951. The van der Waals surface area contributed by atoms with Gasteiger partial charge in [-0.25, -0.2) is 0 Å². The molecule has 4 rings (SSSR count). The Balaban J connectivity index is 1.59. The molecule has 0 fully saturated rings. The first-order chi connectivity index (χ1) is 15.0. The minimum atomic E-state index is -0.215. The highest BCUT2D eigenvalue weighted by molar-refractivity contribution is 7.71. The summed E-state index contributed by atoms with van der Waals surface area (Å²) in [5, 5.41) is 3.36. The highest BCUT2D eigenvalue weighted by atomic mass is 32.1. The highest BCUT2D eigenvalue weighted by Gasteiger charge is 2.11. The molecule has 1 amide bonds. The second-order valence-electron chi connectivity index (χ2n) is 7.10. The number of nitrogens with one attached hydrogen (secondary N) is 2. The summed E-state index contributed by atoms with van der Waals surface area (Å²) in [5.74, 6) is 0.533. The fraction of sp³-hybridized carbons (Fsp3) is 0.125. The summed E-state index contributed by atoms with van der Waals surface area (Å²) in [7, 11) is 1.61. The van der Waals surface area contributed by atoms with Crippen molar-refractivity contribution in [2.75, 3.05) is 7.11 Å². The van der Waals surface area contributed by atoms with Gasteiger partial charge in [-0.3, -0.25) is 14.2 Å². The number of ether oxygens (including phenoxy) is 1. The van der Waals surface area contributed by atoms with Crippen molar-refractivity contribution in [1.82, 2.24) is 14.9 Å². The maximum Gasteiger partial charge on any atom is 0.262 e. The van der Waals surface area contributed by atoms with Gasteiger partial charge in [0.15, 0.2) is 4.77 Å². The van der Waals surface area contributed by atoms with Gasteiger partial charge >= 0.3 is 0 Å². The van der Waals surface area contributed by atoms with E-state index in [0.717, 1.165) is 16.9 Å². The van der Waals surface area contributed by atoms with Crippen LogP contribution in [0.25, 0.3) is 10.9 Å². The van der Waals surface area contributed by atoms with Crippen LogP contribution < -0.4 is 15.6 Å². The molecule has 3 aromatic carbocycles. The molecule has 2 N–H and O–H groups in total. The lowest BCUT2D eigenvalue weighted by Gasteiger charge is -2.10. The fourth-order valence-corrected chi connectivity index (χ4v) is 3.59. The number of aromatic nitrogens is 2. The van der Waals surface area contributed by atoms with Crippen molar-refractivity contribution in [1.29, 1.82) is 0 Å². The molecule has 0 unspecified atom stereocenters. The van der Waals surface area contributed by atoms with E-state index in [4.69, 9.17) is 17.0 Å². The number of aromatic amines is 1. The third kappa shape index (κ3) is 4.57. The summed E-state index contributed by atoms with van der Waals surface area (Å²) in [5.41, 5.74) is 2.73. The Labute approximate surface area is 184 Å². The molecule has 1 aromatic heterocycles. The number of amides is 1. The number of carbonyl (C=O) groups excluding carboxylic acids is 1. The monoisotopic (exact) mass is 431 g/mol. The van der Waals surface area contributed by atoms with Gasteiger partial charge in [-0.05, 0) is 53.7 Å². The number of rotatable bonds is 6. The molecule has 0 aliphatic heterocycles. The average molecular weight is 432 g/mol. The van der Waals surface area contributed by atoms with Gasteiger partial charge in [0.1, 0.15) is 5.75 Å². The van der Waals surface area contributed by atoms with E-state index in [-0.39, 0.29) is 11.5 Å². The number of H-pyrrole nitrogens is 1. The molecule has 7 heteroatoms. The minimum Gasteiger partial charge on any atom is -0.497 e. The molecule has 0 atom stereocenters. The van der Waals surface area contributed by atoms with Crippen molar-refractivity contribution in [3.8, 4) is 5.75 Å². The van der Waals surface area contributed by atoms with Gasteiger partial charge in [0.05, 0.1) is 24.6 Å². The van der Waals surface area contributed by atoms with Crippen LogP contribution in [0.15, 0.2) is 77.6 Å². The average Bonchev–Trinajstić information content (AvgIpc) is 2.81. The predicted octanol–water partition coefficient (Wildman–Crippen LogP) is 4.05. The van der Waals surface area contributed by atoms with Crippen molar-refractivity contribution in [3.63, 3.8) is 0 Å². The standard InChI is InChI=1S/C24H21N3O3S/c1-30-19-10-7-17(8-11-19)15-27-23(29)20-12-9-18(13-21(20)26-24(27)31)22(28)25-14-16-5-3-2-4-6-16/h2-13H,14-15H2,1H3,(H,25,28)(H,26,31). The molecule has 0 saturated heterocycles. The van der Waals surface area contributed by atoms with Crippen molar-refractivity contribution < 1.29 is 9.53 Å². The van der Waals surface area contributed by atoms with Crippen LogP contribution in [0.1, 0.15) is 21.5 Å². The molecule has 0 spiro atoms. The van der Waals surface area contributed by atoms with Crippen LogP contribution in [0.5, 0.6) is 5.75 Å². The third-order valence-electron chi connectivity index (χ3n) is 5.04. The van der Waals surface area contributed by atoms with Crippen LogP contribution in [0, 0.1) is 4.77 Å². The smallest absolute Gasteiger partial charge is 0.262 e. The van der Waals surface area contributed by atoms with Crippen LogP contribution >= 0.6 is 12.2 Å². The zero-order chi connectivity index (χ0) is 21.8. The Bertz CT molecular complexity index is 1340. The number of hydrogen-bond acceptors (Lipinski definition) is 4. The maximum atomic E-state index is 13.0. The minimum absolute atomic E-state index is 0.203. The summed E-state index contributed by atoms with van der Waals surface area (Å²) in [6, 6.07) is 22.1. The quantitative estimate of drug-likeness (QED) is 0.452. The second-order valence-corrected chi connectivity index (χ2v) is 7.48. The molecule has 0 bridgehead atoms. The van der Waals surface area contributed by atoms with E-state index in [1.165, 1.54) is 4.57 Å². The van der Waals surface area contributed by atoms with Gasteiger partial charge in [0, 0.05) is 12.1 Å². The molecular formula is C24H21N3O3S. The molecule has 0 aliphatic rings. The van der Waals surface area contributed by atoms with Crippen LogP contribution in [0.2, 0.25) is 0 Å². The third-order valence-corrected chi connectivity index (χ3v) is 5.36. The van der Waals surface area contributed by atoms with Crippen molar-refractivity contribution in [2.24, 2.45) is 0 Å². The summed E-state index contributed by atoms with van der Waals surface area (Å²) >= 11 is 5.42. The molecule has 0 aliphatic carbocycles. The van der Waals surface area contributed by atoms with E-state index in [2.05, 4.69) is 10.3 Å². The Morgan fingerprint density at radius 2 is 1.77 bits per heavy atom. The normalized spacial score (nSPS) is 10.7. The number of hydrogen-bond donors (Lipinski definition) is 2. The molecule has 0 radical (unpaired) electrons. The number of methoxy groups -OCH3 is 1. The summed E-state index contributed by atoms with van der Waals surface area (Å²) in [6.45, 7) is 0.768. The first-order valence-corrected chi connectivity index (χ1v) is 10.2. The van der Waals surface area contributed by atoms with E-state index >= 15 is 0 Å². The number of nitrogens with zero attached hydrogens (tertiary/aromatic N) is 1. The van der Waals surface area contributed by atoms with Crippen molar-refractivity contribution >= 4 is 29.0 Å². The zero-order valence-corrected chi connectivity index (χ0v) is 17.7. The van der Waals surface area contributed by atoms with Gasteiger partial charge in [-0.2, -0.15) is 0 Å². The molecule has 0 saturated carbocycles. The molecule has 1 heterocycles. The van der Waals surface area contributed by atoms with Gasteiger partial charge in [-0.1, -0.05) is 42.5 Å². The van der Waals surface area contributed by atoms with Gasteiger partial charge in [0.2, 0.25) is 0 Å². The van der Waals surface area contributed by atoms with Gasteiger partial charge in [-0.15, -0.1) is 0 Å². The molecule has 4 aromatic rings. The Morgan fingerprint density at radius 3 is 2.48 bits per heavy atom. The predicted molar refractivity (Wildman–Crippen MR) is 123 cm³/mol. The maximum absolute atomic E-state index is 13.0. The summed E-state index contributed by atoms with van der Waals surface area (Å²) in [6.07, 6.45) is 0. The van der Waals surface area contributed by atoms with Crippen LogP contribution in [-0.2, 0) is 13.1 Å². The summed E-state index contributed by atoms with van der Waals surface area (Å²) in [4.78, 5) is 28.7. The summed E-state index contributed by atoms with van der Waals surface area (Å²) < 4.78 is 6.98. The SMILES string of the molecule is COc1ccc(Cn2c(=S)[nH]c3cc(C(=O)NCc4ccccc4)ccc3c2=O)cc1. The molecule has 156 valence electrons. The van der Waals surface area contributed by atoms with Gasteiger partial charge < -0.3 is 15.0 Å². The lowest BCUT2D eigenvalue weighted by Crippen LogP contribution is -2.24. The van der Waals surface area contributed by atoms with Crippen LogP contribution in [0.3, 0.4) is 0 Å². The van der Waals surface area contributed by atoms with E-state index in [1.807, 2.05) is 54.6 Å². The molecular weight excluding hydrogens is 410 g/mol. The number of fused-ring (bicyclic) bond motifs is 1. The number of carbonyl (C=O) groups is 1. The van der Waals surface area contributed by atoms with E-state index in [1.54, 1.807) is 25.3 Å². The lowest BCUT2D eigenvalue weighted by atomic mass is 10.1. The Hall–Kier alpha value is -3.71. The van der Waals surface area contributed by atoms with Crippen molar-refractivity contribution in [3.05, 3.63) is 105 Å². The largest absolute Gasteiger partial charge is 0.497 e. The van der Waals surface area contributed by atoms with E-state index in [0.29, 0.717) is 34.3 Å². The zero-order valence-electron chi connectivity index (χ0n) is 16.9. The van der Waals surface area contributed by atoms with Crippen molar-refractivity contribution in [2.45, 2.75) is 13.1 Å². The molecule has 31 heavy (non-hydrogen) atoms. The van der Waals surface area contributed by atoms with Crippen LogP contribution in [0.4, 0.5) is 0 Å². The highest BCUT2D eigenvalue weighted by Crippen LogP contribution is 2.14. The Kier molecular flexibility index (Phi) is 5.95.